The smallest absolute Gasteiger partial charge is 0.156 e. The lowest BCUT2D eigenvalue weighted by Crippen LogP contribution is -2.44. The van der Waals surface area contributed by atoms with Crippen LogP contribution in [0.4, 0.5) is 5.82 Å². The number of likely N-dealkylation sites (N-methyl/N-ethyl adjacent to an activating group) is 1. The molecular formula is C15H22N4. The van der Waals surface area contributed by atoms with Crippen LogP contribution in [0.3, 0.4) is 0 Å². The molecule has 1 heterocycles. The number of aryl methyl sites for hydroxylation is 1. The molecule has 0 fully saturated rings. The molecule has 19 heavy (non-hydrogen) atoms. The van der Waals surface area contributed by atoms with Gasteiger partial charge < -0.3 is 10.2 Å². The standard InChI is InChI=1S/C15H22N4/c1-11-12-8-6-7-9-13(12)14(18-17-11)16-10-15(2,3)19(4)5/h6-9H,10H2,1-5H3,(H,16,18). The first-order valence-corrected chi connectivity index (χ1v) is 6.55. The third-order valence-electron chi connectivity index (χ3n) is 3.77. The van der Waals surface area contributed by atoms with Crippen LogP contribution in [-0.4, -0.2) is 41.3 Å². The molecule has 0 aliphatic heterocycles. The lowest BCUT2D eigenvalue weighted by Gasteiger charge is -2.32. The number of rotatable bonds is 4. The largest absolute Gasteiger partial charge is 0.366 e. The number of hydrogen-bond acceptors (Lipinski definition) is 4. The van der Waals surface area contributed by atoms with Gasteiger partial charge in [-0.25, -0.2) is 0 Å². The van der Waals surface area contributed by atoms with Gasteiger partial charge in [0.25, 0.3) is 0 Å². The van der Waals surface area contributed by atoms with Gasteiger partial charge in [-0.2, -0.15) is 5.10 Å². The second-order valence-electron chi connectivity index (χ2n) is 5.74. The maximum Gasteiger partial charge on any atom is 0.156 e. The molecule has 2 aromatic rings. The van der Waals surface area contributed by atoms with Crippen molar-refractivity contribution in [3.8, 4) is 0 Å². The lowest BCUT2D eigenvalue weighted by molar-refractivity contribution is 0.210. The maximum atomic E-state index is 4.29. The average molecular weight is 258 g/mol. The lowest BCUT2D eigenvalue weighted by atomic mass is 10.0. The van der Waals surface area contributed by atoms with Crippen molar-refractivity contribution in [1.29, 1.82) is 0 Å². The van der Waals surface area contributed by atoms with Crippen LogP contribution in [0.15, 0.2) is 24.3 Å². The van der Waals surface area contributed by atoms with Crippen molar-refractivity contribution in [1.82, 2.24) is 15.1 Å². The van der Waals surface area contributed by atoms with Gasteiger partial charge in [-0.15, -0.1) is 5.10 Å². The van der Waals surface area contributed by atoms with E-state index < -0.39 is 0 Å². The molecule has 0 aliphatic rings. The molecule has 1 N–H and O–H groups in total. The number of nitrogens with one attached hydrogen (secondary N) is 1. The summed E-state index contributed by atoms with van der Waals surface area (Å²) in [4.78, 5) is 2.20. The summed E-state index contributed by atoms with van der Waals surface area (Å²) in [5, 5.41) is 14.2. The Hall–Kier alpha value is -1.68. The van der Waals surface area contributed by atoms with E-state index in [0.29, 0.717) is 0 Å². The van der Waals surface area contributed by atoms with E-state index in [9.17, 15) is 0 Å². The molecular weight excluding hydrogens is 236 g/mol. The number of anilines is 1. The van der Waals surface area contributed by atoms with Crippen LogP contribution in [0.2, 0.25) is 0 Å². The fourth-order valence-corrected chi connectivity index (χ4v) is 1.83. The highest BCUT2D eigenvalue weighted by molar-refractivity contribution is 5.92. The Morgan fingerprint density at radius 2 is 1.74 bits per heavy atom. The summed E-state index contributed by atoms with van der Waals surface area (Å²) < 4.78 is 0. The van der Waals surface area contributed by atoms with Gasteiger partial charge in [-0.3, -0.25) is 0 Å². The van der Waals surface area contributed by atoms with Crippen LogP contribution in [-0.2, 0) is 0 Å². The molecule has 0 aliphatic carbocycles. The van der Waals surface area contributed by atoms with Crippen LogP contribution in [0, 0.1) is 6.92 Å². The molecule has 0 saturated heterocycles. The number of aromatic nitrogens is 2. The molecule has 4 nitrogen and oxygen atoms in total. The molecule has 102 valence electrons. The predicted molar refractivity (Wildman–Crippen MR) is 80.5 cm³/mol. The van der Waals surface area contributed by atoms with Gasteiger partial charge in [0.15, 0.2) is 5.82 Å². The topological polar surface area (TPSA) is 41.1 Å². The molecule has 0 spiro atoms. The van der Waals surface area contributed by atoms with E-state index in [1.54, 1.807) is 0 Å². The van der Waals surface area contributed by atoms with Gasteiger partial charge in [-0.1, -0.05) is 24.3 Å². The predicted octanol–water partition coefficient (Wildman–Crippen LogP) is 2.69. The normalized spacial score (nSPS) is 12.1. The van der Waals surface area contributed by atoms with E-state index in [1.807, 2.05) is 19.1 Å². The van der Waals surface area contributed by atoms with E-state index in [0.717, 1.165) is 28.8 Å². The summed E-state index contributed by atoms with van der Waals surface area (Å²) >= 11 is 0. The number of fused-ring (bicyclic) bond motifs is 1. The zero-order valence-corrected chi connectivity index (χ0v) is 12.4. The SMILES string of the molecule is Cc1nnc(NCC(C)(C)N(C)C)c2ccccc12. The van der Waals surface area contributed by atoms with Gasteiger partial charge in [0, 0.05) is 22.9 Å². The summed E-state index contributed by atoms with van der Waals surface area (Å²) in [6.45, 7) is 7.21. The molecule has 4 heteroatoms. The van der Waals surface area contributed by atoms with Crippen LogP contribution in [0.1, 0.15) is 19.5 Å². The summed E-state index contributed by atoms with van der Waals surface area (Å²) in [6.07, 6.45) is 0. The third kappa shape index (κ3) is 2.84. The number of hydrogen-bond donors (Lipinski definition) is 1. The van der Waals surface area contributed by atoms with E-state index in [4.69, 9.17) is 0 Å². The van der Waals surface area contributed by atoms with Gasteiger partial charge in [0.05, 0.1) is 5.69 Å². The van der Waals surface area contributed by atoms with Crippen molar-refractivity contribution in [2.24, 2.45) is 0 Å². The Balaban J connectivity index is 2.29. The minimum Gasteiger partial charge on any atom is -0.366 e. The second-order valence-corrected chi connectivity index (χ2v) is 5.74. The summed E-state index contributed by atoms with van der Waals surface area (Å²) in [5.41, 5.74) is 1.03. The van der Waals surface area contributed by atoms with Crippen molar-refractivity contribution >= 4 is 16.6 Å². The monoisotopic (exact) mass is 258 g/mol. The summed E-state index contributed by atoms with van der Waals surface area (Å²) in [6, 6.07) is 8.24. The molecule has 0 amide bonds. The highest BCUT2D eigenvalue weighted by Crippen LogP contribution is 2.23. The van der Waals surface area contributed by atoms with Crippen LogP contribution < -0.4 is 5.32 Å². The van der Waals surface area contributed by atoms with E-state index in [2.05, 4.69) is 60.5 Å². The zero-order valence-electron chi connectivity index (χ0n) is 12.4. The molecule has 0 radical (unpaired) electrons. The third-order valence-corrected chi connectivity index (χ3v) is 3.77. The molecule has 0 atom stereocenters. The van der Waals surface area contributed by atoms with Crippen LogP contribution >= 0.6 is 0 Å². The Morgan fingerprint density at radius 3 is 2.37 bits per heavy atom. The van der Waals surface area contributed by atoms with Gasteiger partial charge in [0.2, 0.25) is 0 Å². The van der Waals surface area contributed by atoms with E-state index in [-0.39, 0.29) is 5.54 Å². The highest BCUT2D eigenvalue weighted by Gasteiger charge is 2.20. The average Bonchev–Trinajstić information content (AvgIpc) is 2.38. The van der Waals surface area contributed by atoms with Crippen molar-refractivity contribution in [2.45, 2.75) is 26.3 Å². The quantitative estimate of drug-likeness (QED) is 0.915. The Bertz CT molecular complexity index is 575. The van der Waals surface area contributed by atoms with E-state index >= 15 is 0 Å². The maximum absolute atomic E-state index is 4.29. The Labute approximate surface area is 114 Å². The molecule has 1 aromatic carbocycles. The fourth-order valence-electron chi connectivity index (χ4n) is 1.83. The van der Waals surface area contributed by atoms with Gasteiger partial charge in [-0.05, 0) is 34.9 Å². The van der Waals surface area contributed by atoms with Crippen molar-refractivity contribution in [3.63, 3.8) is 0 Å². The second kappa shape index (κ2) is 5.13. The van der Waals surface area contributed by atoms with Crippen LogP contribution in [0.25, 0.3) is 10.8 Å². The van der Waals surface area contributed by atoms with Gasteiger partial charge >= 0.3 is 0 Å². The summed E-state index contributed by atoms with van der Waals surface area (Å²) in [7, 11) is 4.17. The fraction of sp³-hybridized carbons (Fsp3) is 0.467. The van der Waals surface area contributed by atoms with E-state index in [1.165, 1.54) is 0 Å². The van der Waals surface area contributed by atoms with Crippen molar-refractivity contribution in [2.75, 3.05) is 26.0 Å². The summed E-state index contributed by atoms with van der Waals surface area (Å²) in [5.74, 6) is 0.858. The zero-order chi connectivity index (χ0) is 14.0. The molecule has 1 aromatic heterocycles. The van der Waals surface area contributed by atoms with Crippen molar-refractivity contribution in [3.05, 3.63) is 30.0 Å². The molecule has 0 bridgehead atoms. The highest BCUT2D eigenvalue weighted by atomic mass is 15.2. The first-order valence-electron chi connectivity index (χ1n) is 6.55. The van der Waals surface area contributed by atoms with Crippen LogP contribution in [0.5, 0.6) is 0 Å². The van der Waals surface area contributed by atoms with Crippen molar-refractivity contribution < 1.29 is 0 Å². The minimum absolute atomic E-state index is 0.0632. The number of nitrogens with zero attached hydrogens (tertiary/aromatic N) is 3. The first kappa shape index (κ1) is 13.7. The first-order chi connectivity index (χ1) is 8.92. The molecule has 2 rings (SSSR count). The Kier molecular flexibility index (Phi) is 3.71. The molecule has 0 saturated carbocycles. The Morgan fingerprint density at radius 1 is 1.11 bits per heavy atom. The van der Waals surface area contributed by atoms with Gasteiger partial charge in [0.1, 0.15) is 0 Å². The minimum atomic E-state index is 0.0632. The number of benzene rings is 1. The molecule has 0 unspecified atom stereocenters.